The Kier molecular flexibility index (Phi) is 9.37. The standard InChI is InChI=1S/C34H43F2N5O7S/c1-19-6-4-5-7-22-16-34(22,32(44)40-49(45,46)33(18-35)9-10-33)39-29(42)26-14-23(17-41(26)31(43)28(37)20(2)12-19)48-30-24-15-25(36)27(47-3)13-21(24)8-11-38-30/h5,7-8,11,13,15,19-20,22-23,26,28H,4,6,9-10,12,14,16-18,37H2,1-3H3,(H,39,42)(H,40,44)/b7-5-/t19-,20-,22-,23-,26+,28+,34-/m1/s1. The van der Waals surface area contributed by atoms with E-state index in [0.717, 1.165) is 6.42 Å². The molecule has 2 saturated carbocycles. The van der Waals surface area contributed by atoms with Gasteiger partial charge in [0.25, 0.3) is 5.91 Å². The molecule has 1 saturated heterocycles. The van der Waals surface area contributed by atoms with Crippen LogP contribution in [0.15, 0.2) is 36.5 Å². The van der Waals surface area contributed by atoms with E-state index in [1.54, 1.807) is 12.1 Å². The summed E-state index contributed by atoms with van der Waals surface area (Å²) in [5.41, 5.74) is 4.90. The van der Waals surface area contributed by atoms with Crippen LogP contribution >= 0.6 is 0 Å². The minimum atomic E-state index is -4.35. The number of rotatable bonds is 7. The van der Waals surface area contributed by atoms with Gasteiger partial charge in [-0.25, -0.2) is 22.2 Å². The maximum Gasteiger partial charge on any atom is 0.259 e. The molecule has 2 aliphatic heterocycles. The third-order valence-corrected chi connectivity index (χ3v) is 12.7. The molecule has 266 valence electrons. The van der Waals surface area contributed by atoms with Gasteiger partial charge in [-0.15, -0.1) is 0 Å². The molecule has 6 rings (SSSR count). The Balaban J connectivity index is 1.31. The summed E-state index contributed by atoms with van der Waals surface area (Å²) in [5, 5.41) is 3.75. The van der Waals surface area contributed by atoms with E-state index in [2.05, 4.69) is 21.9 Å². The highest BCUT2D eigenvalue weighted by atomic mass is 32.2. The van der Waals surface area contributed by atoms with E-state index in [9.17, 15) is 31.6 Å². The quantitative estimate of drug-likeness (QED) is 0.367. The minimum absolute atomic E-state index is 0.00670. The number of hydrogen-bond acceptors (Lipinski definition) is 9. The van der Waals surface area contributed by atoms with Gasteiger partial charge in [0.15, 0.2) is 11.6 Å². The van der Waals surface area contributed by atoms with Gasteiger partial charge in [-0.05, 0) is 73.9 Å². The van der Waals surface area contributed by atoms with E-state index in [4.69, 9.17) is 15.2 Å². The average molecular weight is 704 g/mol. The van der Waals surface area contributed by atoms with Crippen LogP contribution in [-0.4, -0.2) is 84.8 Å². The molecular formula is C34H43F2N5O7S. The number of pyridine rings is 1. The zero-order valence-corrected chi connectivity index (χ0v) is 28.6. The summed E-state index contributed by atoms with van der Waals surface area (Å²) >= 11 is 0. The number of amides is 3. The first-order valence-corrected chi connectivity index (χ1v) is 18.2. The Morgan fingerprint density at radius 1 is 1.22 bits per heavy atom. The smallest absolute Gasteiger partial charge is 0.259 e. The first-order chi connectivity index (χ1) is 23.2. The van der Waals surface area contributed by atoms with E-state index in [1.165, 1.54) is 30.3 Å². The van der Waals surface area contributed by atoms with Crippen molar-refractivity contribution in [1.29, 1.82) is 0 Å². The van der Waals surface area contributed by atoms with E-state index in [0.29, 0.717) is 23.6 Å². The fraction of sp³-hybridized carbons (Fsp3) is 0.588. The van der Waals surface area contributed by atoms with Gasteiger partial charge in [-0.3, -0.25) is 19.1 Å². The second kappa shape index (κ2) is 13.1. The summed E-state index contributed by atoms with van der Waals surface area (Å²) in [6.07, 6.45) is 6.90. The van der Waals surface area contributed by atoms with Gasteiger partial charge in [0.05, 0.1) is 19.7 Å². The molecule has 12 nitrogen and oxygen atoms in total. The van der Waals surface area contributed by atoms with Gasteiger partial charge in [0.1, 0.15) is 29.1 Å². The second-order valence-corrected chi connectivity index (χ2v) is 16.3. The monoisotopic (exact) mass is 703 g/mol. The van der Waals surface area contributed by atoms with Gasteiger partial charge in [0, 0.05) is 23.9 Å². The number of hydrogen-bond donors (Lipinski definition) is 3. The molecule has 0 spiro atoms. The summed E-state index contributed by atoms with van der Waals surface area (Å²) in [4.78, 5) is 47.4. The van der Waals surface area contributed by atoms with Gasteiger partial charge >= 0.3 is 0 Å². The van der Waals surface area contributed by atoms with Gasteiger partial charge in [0.2, 0.25) is 27.7 Å². The first kappa shape index (κ1) is 35.0. The number of sulfonamides is 1. The Morgan fingerprint density at radius 2 is 1.98 bits per heavy atom. The van der Waals surface area contributed by atoms with Crippen molar-refractivity contribution in [2.75, 3.05) is 20.3 Å². The van der Waals surface area contributed by atoms with Crippen molar-refractivity contribution in [2.45, 2.75) is 87.3 Å². The number of nitrogens with one attached hydrogen (secondary N) is 2. The number of carbonyl (C=O) groups excluding carboxylic acids is 3. The van der Waals surface area contributed by atoms with Crippen LogP contribution in [0.3, 0.4) is 0 Å². The number of halogens is 2. The SMILES string of the molecule is COc1cc2ccnc(O[C@@H]3C[C@H]4C(=O)N[C@]5(C(=O)NS(=O)(=O)C6(CF)CC6)C[C@H]5/C=C\CC[C@@H](C)C[C@@H](C)[C@H](N)C(=O)N4C3)c2cc1F. The van der Waals surface area contributed by atoms with Gasteiger partial charge < -0.3 is 25.4 Å². The minimum Gasteiger partial charge on any atom is -0.494 e. The zero-order chi connectivity index (χ0) is 35.3. The van der Waals surface area contributed by atoms with Crippen LogP contribution in [0.4, 0.5) is 8.78 Å². The number of alkyl halides is 1. The van der Waals surface area contributed by atoms with Gasteiger partial charge in [-0.1, -0.05) is 26.0 Å². The van der Waals surface area contributed by atoms with Crippen molar-refractivity contribution in [3.63, 3.8) is 0 Å². The molecule has 4 N–H and O–H groups in total. The number of nitrogens with zero attached hydrogens (tertiary/aromatic N) is 2. The molecule has 15 heteroatoms. The molecule has 7 atom stereocenters. The molecule has 4 aliphatic rings. The topological polar surface area (TPSA) is 170 Å². The molecule has 0 unspecified atom stereocenters. The number of nitrogens with two attached hydrogens (primary N) is 1. The van der Waals surface area contributed by atoms with Crippen LogP contribution in [0.5, 0.6) is 11.6 Å². The highest BCUT2D eigenvalue weighted by Crippen LogP contribution is 2.48. The number of benzene rings is 1. The normalized spacial score (nSPS) is 32.2. The van der Waals surface area contributed by atoms with Crippen LogP contribution in [0.1, 0.15) is 58.8 Å². The number of ether oxygens (including phenoxy) is 2. The predicted octanol–water partition coefficient (Wildman–Crippen LogP) is 2.89. The molecule has 2 aromatic rings. The molecule has 1 aromatic heterocycles. The molecule has 3 amide bonds. The van der Waals surface area contributed by atoms with Crippen molar-refractivity contribution >= 4 is 38.5 Å². The molecule has 3 fully saturated rings. The molecule has 0 bridgehead atoms. The lowest BCUT2D eigenvalue weighted by Crippen LogP contribution is -2.58. The fourth-order valence-electron chi connectivity index (χ4n) is 7.13. The van der Waals surface area contributed by atoms with Crippen LogP contribution < -0.4 is 25.2 Å². The van der Waals surface area contributed by atoms with Crippen LogP contribution in [0.25, 0.3) is 10.8 Å². The Bertz CT molecular complexity index is 1790. The lowest BCUT2D eigenvalue weighted by atomic mass is 9.88. The maximum absolute atomic E-state index is 14.7. The van der Waals surface area contributed by atoms with Crippen LogP contribution in [-0.2, 0) is 24.4 Å². The fourth-order valence-corrected chi connectivity index (χ4v) is 8.55. The van der Waals surface area contributed by atoms with E-state index >= 15 is 0 Å². The molecule has 0 radical (unpaired) electrons. The Hall–Kier alpha value is -3.85. The van der Waals surface area contributed by atoms with Crippen LogP contribution in [0, 0.1) is 23.6 Å². The van der Waals surface area contributed by atoms with E-state index in [-0.39, 0.29) is 55.7 Å². The number of allylic oxidation sites excluding steroid dienone is 1. The molecule has 49 heavy (non-hydrogen) atoms. The molecular weight excluding hydrogens is 660 g/mol. The summed E-state index contributed by atoms with van der Waals surface area (Å²) in [7, 11) is -2.99. The van der Waals surface area contributed by atoms with Crippen LogP contribution in [0.2, 0.25) is 0 Å². The van der Waals surface area contributed by atoms with Crippen molar-refractivity contribution < 1.29 is 41.1 Å². The number of aromatic nitrogens is 1. The lowest BCUT2D eigenvalue weighted by Gasteiger charge is -2.30. The number of carbonyl (C=O) groups is 3. The van der Waals surface area contributed by atoms with E-state index < -0.39 is 74.6 Å². The number of fused-ring (bicyclic) bond motifs is 3. The highest BCUT2D eigenvalue weighted by Gasteiger charge is 2.64. The van der Waals surface area contributed by atoms with Crippen molar-refractivity contribution in [3.8, 4) is 11.6 Å². The molecule has 2 aliphatic carbocycles. The van der Waals surface area contributed by atoms with Crippen molar-refractivity contribution in [2.24, 2.45) is 23.5 Å². The second-order valence-electron chi connectivity index (χ2n) is 14.2. The van der Waals surface area contributed by atoms with E-state index in [1.807, 2.05) is 13.0 Å². The van der Waals surface area contributed by atoms with Gasteiger partial charge in [-0.2, -0.15) is 0 Å². The third-order valence-electron chi connectivity index (χ3n) is 10.6. The largest absolute Gasteiger partial charge is 0.494 e. The average Bonchev–Trinajstić information content (AvgIpc) is 3.97. The van der Waals surface area contributed by atoms with Crippen molar-refractivity contribution in [1.82, 2.24) is 19.9 Å². The van der Waals surface area contributed by atoms with Crippen molar-refractivity contribution in [3.05, 3.63) is 42.4 Å². The zero-order valence-electron chi connectivity index (χ0n) is 27.8. The summed E-state index contributed by atoms with van der Waals surface area (Å²) in [6, 6.07) is 2.37. The number of methoxy groups -OCH3 is 1. The summed E-state index contributed by atoms with van der Waals surface area (Å²) in [6.45, 7) is 2.80. The molecule has 3 heterocycles. The Morgan fingerprint density at radius 3 is 2.67 bits per heavy atom. The summed E-state index contributed by atoms with van der Waals surface area (Å²) in [5.74, 6) is -3.07. The maximum atomic E-state index is 14.7. The Labute approximate surface area is 284 Å². The summed E-state index contributed by atoms with van der Waals surface area (Å²) < 4.78 is 66.2. The third kappa shape index (κ3) is 6.58. The lowest BCUT2D eigenvalue weighted by molar-refractivity contribution is -0.141. The highest BCUT2D eigenvalue weighted by molar-refractivity contribution is 7.91. The predicted molar refractivity (Wildman–Crippen MR) is 176 cm³/mol. The first-order valence-electron chi connectivity index (χ1n) is 16.7. The molecule has 1 aromatic carbocycles.